The van der Waals surface area contributed by atoms with Gasteiger partial charge in [-0.3, -0.25) is 14.3 Å². The van der Waals surface area contributed by atoms with Crippen LogP contribution in [0, 0.1) is 0 Å². The first kappa shape index (κ1) is 11.3. The molecule has 0 saturated carbocycles. The molecule has 7 heteroatoms. The van der Waals surface area contributed by atoms with Gasteiger partial charge in [0.15, 0.2) is 11.2 Å². The van der Waals surface area contributed by atoms with Crippen molar-refractivity contribution in [2.45, 2.75) is 0 Å². The number of rotatable bonds is 2. The summed E-state index contributed by atoms with van der Waals surface area (Å²) < 4.78 is 6.33. The molecule has 7 nitrogen and oxygen atoms in total. The highest BCUT2D eigenvalue weighted by Gasteiger charge is 2.12. The van der Waals surface area contributed by atoms with E-state index in [4.69, 9.17) is 4.74 Å². The third kappa shape index (κ3) is 1.71. The number of ether oxygens (including phenoxy) is 1. The molecule has 96 valence electrons. The molecule has 0 aliphatic carbocycles. The van der Waals surface area contributed by atoms with Gasteiger partial charge in [0, 0.05) is 0 Å². The lowest BCUT2D eigenvalue weighted by molar-refractivity contribution is 0.414. The molecule has 0 atom stereocenters. The number of nitrogens with one attached hydrogen (secondary N) is 2. The topological polar surface area (TPSA) is 92.8 Å². The van der Waals surface area contributed by atoms with Crippen molar-refractivity contribution in [1.82, 2.24) is 19.5 Å². The highest BCUT2D eigenvalue weighted by Crippen LogP contribution is 2.15. The number of methoxy groups -OCH3 is 1. The lowest BCUT2D eigenvalue weighted by atomic mass is 10.3. The van der Waals surface area contributed by atoms with Gasteiger partial charge >= 0.3 is 5.69 Å². The van der Waals surface area contributed by atoms with Crippen LogP contribution in [-0.4, -0.2) is 26.6 Å². The molecule has 0 radical (unpaired) electrons. The SMILES string of the molecule is COc1ccc(-n2c(=O)[nH]c3nc[nH]c(=O)c32)cc1. The average molecular weight is 258 g/mol. The molecule has 2 heterocycles. The molecule has 0 saturated heterocycles. The lowest BCUT2D eigenvalue weighted by Gasteiger charge is -2.04. The summed E-state index contributed by atoms with van der Waals surface area (Å²) in [6.45, 7) is 0. The number of aromatic nitrogens is 4. The molecule has 2 N–H and O–H groups in total. The van der Waals surface area contributed by atoms with Crippen molar-refractivity contribution >= 4 is 11.2 Å². The number of imidazole rings is 1. The maximum atomic E-state index is 11.9. The molecule has 19 heavy (non-hydrogen) atoms. The second kappa shape index (κ2) is 4.13. The highest BCUT2D eigenvalue weighted by molar-refractivity contribution is 5.71. The molecular weight excluding hydrogens is 248 g/mol. The summed E-state index contributed by atoms with van der Waals surface area (Å²) in [6, 6.07) is 6.82. The number of hydrogen-bond donors (Lipinski definition) is 2. The van der Waals surface area contributed by atoms with Gasteiger partial charge < -0.3 is 9.72 Å². The lowest BCUT2D eigenvalue weighted by Crippen LogP contribution is -2.18. The summed E-state index contributed by atoms with van der Waals surface area (Å²) in [5, 5.41) is 0. The number of benzene rings is 1. The van der Waals surface area contributed by atoms with Crippen LogP contribution in [0.4, 0.5) is 0 Å². The Morgan fingerprint density at radius 2 is 1.95 bits per heavy atom. The fraction of sp³-hybridized carbons (Fsp3) is 0.0833. The molecule has 3 rings (SSSR count). The van der Waals surface area contributed by atoms with Crippen LogP contribution < -0.4 is 16.0 Å². The van der Waals surface area contributed by atoms with Crippen LogP contribution in [-0.2, 0) is 0 Å². The van der Waals surface area contributed by atoms with Crippen molar-refractivity contribution in [3.05, 3.63) is 51.4 Å². The summed E-state index contributed by atoms with van der Waals surface area (Å²) in [5.41, 5.74) is 0.223. The zero-order chi connectivity index (χ0) is 13.4. The molecule has 0 amide bonds. The van der Waals surface area contributed by atoms with Crippen LogP contribution >= 0.6 is 0 Å². The zero-order valence-electron chi connectivity index (χ0n) is 10.0. The molecule has 3 aromatic rings. The third-order valence-corrected chi connectivity index (χ3v) is 2.81. The minimum absolute atomic E-state index is 0.192. The Hall–Kier alpha value is -2.83. The number of H-pyrrole nitrogens is 2. The summed E-state index contributed by atoms with van der Waals surface area (Å²) in [6.07, 6.45) is 1.25. The Labute approximate surface area is 106 Å². The van der Waals surface area contributed by atoms with Gasteiger partial charge in [-0.25, -0.2) is 9.78 Å². The molecule has 0 unspecified atom stereocenters. The van der Waals surface area contributed by atoms with Gasteiger partial charge in [0.2, 0.25) is 0 Å². The van der Waals surface area contributed by atoms with Gasteiger partial charge in [0.05, 0.1) is 19.1 Å². The van der Waals surface area contributed by atoms with Crippen LogP contribution in [0.15, 0.2) is 40.2 Å². The van der Waals surface area contributed by atoms with Gasteiger partial charge in [0.25, 0.3) is 5.56 Å². The largest absolute Gasteiger partial charge is 0.497 e. The summed E-state index contributed by atoms with van der Waals surface area (Å²) in [7, 11) is 1.56. The van der Waals surface area contributed by atoms with E-state index in [1.807, 2.05) is 0 Å². The minimum Gasteiger partial charge on any atom is -0.497 e. The van der Waals surface area contributed by atoms with Crippen LogP contribution in [0.5, 0.6) is 5.75 Å². The second-order valence-corrected chi connectivity index (χ2v) is 3.89. The first-order valence-corrected chi connectivity index (χ1v) is 5.53. The molecule has 0 fully saturated rings. The Kier molecular flexibility index (Phi) is 2.45. The van der Waals surface area contributed by atoms with E-state index in [1.54, 1.807) is 31.4 Å². The average Bonchev–Trinajstić information content (AvgIpc) is 2.76. The van der Waals surface area contributed by atoms with Crippen molar-refractivity contribution in [2.75, 3.05) is 7.11 Å². The highest BCUT2D eigenvalue weighted by atomic mass is 16.5. The Balaban J connectivity index is 2.32. The number of hydrogen-bond acceptors (Lipinski definition) is 4. The van der Waals surface area contributed by atoms with E-state index in [-0.39, 0.29) is 16.7 Å². The fourth-order valence-electron chi connectivity index (χ4n) is 1.93. The van der Waals surface area contributed by atoms with Gasteiger partial charge in [-0.1, -0.05) is 0 Å². The van der Waals surface area contributed by atoms with E-state index in [2.05, 4.69) is 15.0 Å². The van der Waals surface area contributed by atoms with Crippen molar-refractivity contribution in [3.63, 3.8) is 0 Å². The van der Waals surface area contributed by atoms with Crippen LogP contribution in [0.3, 0.4) is 0 Å². The maximum Gasteiger partial charge on any atom is 0.332 e. The van der Waals surface area contributed by atoms with E-state index in [0.717, 1.165) is 0 Å². The van der Waals surface area contributed by atoms with E-state index < -0.39 is 5.69 Å². The van der Waals surface area contributed by atoms with E-state index in [9.17, 15) is 9.59 Å². The normalized spacial score (nSPS) is 10.8. The molecule has 0 spiro atoms. The van der Waals surface area contributed by atoms with Crippen molar-refractivity contribution in [1.29, 1.82) is 0 Å². The van der Waals surface area contributed by atoms with Crippen LogP contribution in [0.2, 0.25) is 0 Å². The standard InChI is InChI=1S/C12H10N4O3/c1-19-8-4-2-7(3-5-8)16-9-10(15-12(16)18)13-6-14-11(9)17/h2-6H,1H3,(H2,13,14,15,17,18). The first-order valence-electron chi connectivity index (χ1n) is 5.53. The predicted molar refractivity (Wildman–Crippen MR) is 68.9 cm³/mol. The van der Waals surface area contributed by atoms with E-state index in [1.165, 1.54) is 10.9 Å². The van der Waals surface area contributed by atoms with E-state index in [0.29, 0.717) is 11.4 Å². The minimum atomic E-state index is -0.413. The number of aromatic amines is 2. The smallest absolute Gasteiger partial charge is 0.332 e. The monoisotopic (exact) mass is 258 g/mol. The quantitative estimate of drug-likeness (QED) is 0.696. The Morgan fingerprint density at radius 1 is 1.21 bits per heavy atom. The summed E-state index contributed by atoms with van der Waals surface area (Å²) in [5.74, 6) is 0.670. The second-order valence-electron chi connectivity index (χ2n) is 3.89. The molecule has 0 aliphatic rings. The van der Waals surface area contributed by atoms with Crippen molar-refractivity contribution in [2.24, 2.45) is 0 Å². The first-order chi connectivity index (χ1) is 9.20. The predicted octanol–water partition coefficient (Wildman–Crippen LogP) is 0.411. The molecular formula is C12H10N4O3. The molecule has 0 bridgehead atoms. The fourth-order valence-corrected chi connectivity index (χ4v) is 1.93. The van der Waals surface area contributed by atoms with Gasteiger partial charge in [-0.05, 0) is 24.3 Å². The van der Waals surface area contributed by atoms with E-state index >= 15 is 0 Å². The molecule has 0 aliphatic heterocycles. The van der Waals surface area contributed by atoms with Crippen molar-refractivity contribution < 1.29 is 4.74 Å². The van der Waals surface area contributed by atoms with Crippen LogP contribution in [0.1, 0.15) is 0 Å². The zero-order valence-corrected chi connectivity index (χ0v) is 10.0. The summed E-state index contributed by atoms with van der Waals surface area (Å²) in [4.78, 5) is 32.7. The Morgan fingerprint density at radius 3 is 2.63 bits per heavy atom. The Bertz CT molecular complexity index is 842. The van der Waals surface area contributed by atoms with Crippen LogP contribution in [0.25, 0.3) is 16.9 Å². The third-order valence-electron chi connectivity index (χ3n) is 2.81. The summed E-state index contributed by atoms with van der Waals surface area (Å²) >= 11 is 0. The van der Waals surface area contributed by atoms with Gasteiger partial charge in [-0.15, -0.1) is 0 Å². The number of fused-ring (bicyclic) bond motifs is 1. The van der Waals surface area contributed by atoms with Gasteiger partial charge in [0.1, 0.15) is 5.75 Å². The van der Waals surface area contributed by atoms with Crippen molar-refractivity contribution in [3.8, 4) is 11.4 Å². The van der Waals surface area contributed by atoms with Gasteiger partial charge in [-0.2, -0.15) is 0 Å². The maximum absolute atomic E-state index is 11.9. The number of nitrogens with zero attached hydrogens (tertiary/aromatic N) is 2. The molecule has 1 aromatic carbocycles. The molecule has 2 aromatic heterocycles.